The summed E-state index contributed by atoms with van der Waals surface area (Å²) in [6.45, 7) is 6.60. The monoisotopic (exact) mass is 456 g/mol. The molecule has 3 aromatic carbocycles. The molecule has 1 atom stereocenters. The molecule has 0 fully saturated rings. The van der Waals surface area contributed by atoms with Crippen molar-refractivity contribution < 1.29 is 9.59 Å². The van der Waals surface area contributed by atoms with E-state index >= 15 is 0 Å². The van der Waals surface area contributed by atoms with Gasteiger partial charge in [0.1, 0.15) is 0 Å². The molecule has 1 aliphatic rings. The number of aryl methyl sites for hydroxylation is 1. The normalized spacial score (nSPS) is 15.3. The van der Waals surface area contributed by atoms with Crippen LogP contribution in [0.2, 0.25) is 0 Å². The van der Waals surface area contributed by atoms with Crippen molar-refractivity contribution >= 4 is 35.3 Å². The third-order valence-electron chi connectivity index (χ3n) is 5.75. The lowest BCUT2D eigenvalue weighted by Crippen LogP contribution is -2.33. The van der Waals surface area contributed by atoms with E-state index in [-0.39, 0.29) is 17.9 Å². The SMILES string of the molecule is CCC(C)NC(=O)c1ccc(C=C2Sc3ccccc3N(Cc3ccc(C)cc3)C2=O)cc1. The van der Waals surface area contributed by atoms with Crippen LogP contribution in [0, 0.1) is 6.92 Å². The van der Waals surface area contributed by atoms with Gasteiger partial charge < -0.3 is 10.2 Å². The van der Waals surface area contributed by atoms with Crippen LogP contribution in [0.1, 0.15) is 47.3 Å². The van der Waals surface area contributed by atoms with Crippen molar-refractivity contribution in [1.82, 2.24) is 5.32 Å². The van der Waals surface area contributed by atoms with Crippen LogP contribution in [0.15, 0.2) is 82.6 Å². The molecule has 4 rings (SSSR count). The first-order valence-corrected chi connectivity index (χ1v) is 12.0. The Morgan fingerprint density at radius 2 is 1.73 bits per heavy atom. The molecule has 0 spiro atoms. The average molecular weight is 457 g/mol. The highest BCUT2D eigenvalue weighted by Gasteiger charge is 2.29. The van der Waals surface area contributed by atoms with Crippen LogP contribution in [-0.4, -0.2) is 17.9 Å². The number of para-hydroxylation sites is 1. The second-order valence-electron chi connectivity index (χ2n) is 8.36. The largest absolute Gasteiger partial charge is 0.350 e. The number of benzene rings is 3. The maximum absolute atomic E-state index is 13.5. The number of carbonyl (C=O) groups is 2. The van der Waals surface area contributed by atoms with Gasteiger partial charge >= 0.3 is 0 Å². The molecule has 0 aromatic heterocycles. The number of rotatable bonds is 6. The number of anilines is 1. The standard InChI is InChI=1S/C28H28N2O2S/c1-4-20(3)29-27(31)23-15-13-21(14-16-23)17-26-28(32)30(18-22-11-9-19(2)10-12-22)24-7-5-6-8-25(24)33-26/h5-17,20H,4,18H2,1-3H3,(H,29,31). The maximum Gasteiger partial charge on any atom is 0.265 e. The van der Waals surface area contributed by atoms with Gasteiger partial charge in [0.25, 0.3) is 11.8 Å². The van der Waals surface area contributed by atoms with E-state index in [2.05, 4.69) is 36.5 Å². The van der Waals surface area contributed by atoms with Crippen molar-refractivity contribution in [3.8, 4) is 0 Å². The summed E-state index contributed by atoms with van der Waals surface area (Å²) in [5.74, 6) is -0.0947. The maximum atomic E-state index is 13.5. The fourth-order valence-electron chi connectivity index (χ4n) is 3.59. The molecule has 0 bridgehead atoms. The summed E-state index contributed by atoms with van der Waals surface area (Å²) in [4.78, 5) is 29.4. The van der Waals surface area contributed by atoms with Crippen LogP contribution >= 0.6 is 11.8 Å². The number of fused-ring (bicyclic) bond motifs is 1. The van der Waals surface area contributed by atoms with Gasteiger partial charge in [0.2, 0.25) is 0 Å². The molecular formula is C28H28N2O2S. The van der Waals surface area contributed by atoms with Crippen LogP contribution < -0.4 is 10.2 Å². The number of thioether (sulfide) groups is 1. The number of hydrogen-bond acceptors (Lipinski definition) is 3. The van der Waals surface area contributed by atoms with Crippen molar-refractivity contribution in [2.75, 3.05) is 4.90 Å². The van der Waals surface area contributed by atoms with Crippen LogP contribution in [0.25, 0.3) is 6.08 Å². The van der Waals surface area contributed by atoms with Crippen LogP contribution in [0.4, 0.5) is 5.69 Å². The third kappa shape index (κ3) is 5.37. The highest BCUT2D eigenvalue weighted by Crippen LogP contribution is 2.42. The third-order valence-corrected chi connectivity index (χ3v) is 6.83. The summed E-state index contributed by atoms with van der Waals surface area (Å²) >= 11 is 1.49. The summed E-state index contributed by atoms with van der Waals surface area (Å²) < 4.78 is 0. The van der Waals surface area contributed by atoms with Gasteiger partial charge in [-0.05, 0) is 61.7 Å². The molecule has 1 heterocycles. The number of nitrogens with one attached hydrogen (secondary N) is 1. The summed E-state index contributed by atoms with van der Waals surface area (Å²) in [7, 11) is 0. The molecule has 0 saturated heterocycles. The molecule has 2 amide bonds. The van der Waals surface area contributed by atoms with Gasteiger partial charge in [-0.3, -0.25) is 9.59 Å². The van der Waals surface area contributed by atoms with Gasteiger partial charge in [-0.15, -0.1) is 0 Å². The highest BCUT2D eigenvalue weighted by molar-refractivity contribution is 8.04. The molecule has 5 heteroatoms. The van der Waals surface area contributed by atoms with Gasteiger partial charge in [0, 0.05) is 16.5 Å². The van der Waals surface area contributed by atoms with Crippen molar-refractivity contribution in [1.29, 1.82) is 0 Å². The van der Waals surface area contributed by atoms with E-state index in [1.807, 2.05) is 61.2 Å². The summed E-state index contributed by atoms with van der Waals surface area (Å²) in [5, 5.41) is 2.98. The van der Waals surface area contributed by atoms with E-state index in [9.17, 15) is 9.59 Å². The zero-order valence-electron chi connectivity index (χ0n) is 19.2. The second kappa shape index (κ2) is 10.1. The Balaban J connectivity index is 1.59. The molecule has 4 nitrogen and oxygen atoms in total. The molecule has 0 aliphatic carbocycles. The predicted molar refractivity (Wildman–Crippen MR) is 136 cm³/mol. The molecule has 0 radical (unpaired) electrons. The first kappa shape index (κ1) is 22.9. The van der Waals surface area contributed by atoms with Crippen molar-refractivity contribution in [2.24, 2.45) is 0 Å². The average Bonchev–Trinajstić information content (AvgIpc) is 2.83. The number of hydrogen-bond donors (Lipinski definition) is 1. The van der Waals surface area contributed by atoms with Gasteiger partial charge in [-0.1, -0.05) is 72.8 Å². The Morgan fingerprint density at radius 3 is 2.42 bits per heavy atom. The molecule has 0 saturated carbocycles. The first-order valence-electron chi connectivity index (χ1n) is 11.2. The summed E-state index contributed by atoms with van der Waals surface area (Å²) in [6.07, 6.45) is 2.79. The first-order chi connectivity index (χ1) is 15.9. The smallest absolute Gasteiger partial charge is 0.265 e. The Bertz CT molecular complexity index is 1180. The quantitative estimate of drug-likeness (QED) is 0.449. The lowest BCUT2D eigenvalue weighted by Gasteiger charge is -2.30. The molecule has 168 valence electrons. The van der Waals surface area contributed by atoms with E-state index in [0.717, 1.165) is 28.1 Å². The van der Waals surface area contributed by atoms with Crippen LogP contribution in [-0.2, 0) is 11.3 Å². The zero-order valence-corrected chi connectivity index (χ0v) is 20.0. The van der Waals surface area contributed by atoms with Gasteiger partial charge in [-0.2, -0.15) is 0 Å². The van der Waals surface area contributed by atoms with Crippen molar-refractivity contribution in [2.45, 2.75) is 44.7 Å². The topological polar surface area (TPSA) is 49.4 Å². The predicted octanol–water partition coefficient (Wildman–Crippen LogP) is 6.20. The van der Waals surface area contributed by atoms with Gasteiger partial charge in [-0.25, -0.2) is 0 Å². The lowest BCUT2D eigenvalue weighted by molar-refractivity contribution is -0.114. The van der Waals surface area contributed by atoms with Crippen molar-refractivity contribution in [3.63, 3.8) is 0 Å². The fourth-order valence-corrected chi connectivity index (χ4v) is 4.65. The van der Waals surface area contributed by atoms with Crippen molar-refractivity contribution in [3.05, 3.63) is 100.0 Å². The van der Waals surface area contributed by atoms with E-state index in [1.54, 1.807) is 12.1 Å². The number of nitrogens with zero attached hydrogens (tertiary/aromatic N) is 1. The summed E-state index contributed by atoms with van der Waals surface area (Å²) in [6, 6.07) is 23.8. The highest BCUT2D eigenvalue weighted by atomic mass is 32.2. The molecule has 1 unspecified atom stereocenters. The Kier molecular flexibility index (Phi) is 6.99. The minimum atomic E-state index is -0.0788. The van der Waals surface area contributed by atoms with E-state index in [0.29, 0.717) is 17.0 Å². The van der Waals surface area contributed by atoms with Gasteiger partial charge in [0.05, 0.1) is 17.1 Å². The zero-order chi connectivity index (χ0) is 23.4. The molecule has 1 aliphatic heterocycles. The Labute approximate surface area is 199 Å². The molecule has 1 N–H and O–H groups in total. The van der Waals surface area contributed by atoms with E-state index in [4.69, 9.17) is 0 Å². The Hall–Kier alpha value is -3.31. The minimum Gasteiger partial charge on any atom is -0.350 e. The molecular weight excluding hydrogens is 428 g/mol. The second-order valence-corrected chi connectivity index (χ2v) is 9.44. The molecule has 33 heavy (non-hydrogen) atoms. The Morgan fingerprint density at radius 1 is 1.03 bits per heavy atom. The summed E-state index contributed by atoms with van der Waals surface area (Å²) in [5.41, 5.74) is 4.72. The minimum absolute atomic E-state index is 0.0159. The van der Waals surface area contributed by atoms with E-state index in [1.165, 1.54) is 17.3 Å². The lowest BCUT2D eigenvalue weighted by atomic mass is 10.1. The van der Waals surface area contributed by atoms with Crippen LogP contribution in [0.3, 0.4) is 0 Å². The molecule has 3 aromatic rings. The fraction of sp³-hybridized carbons (Fsp3) is 0.214. The number of carbonyl (C=O) groups excluding carboxylic acids is 2. The number of amides is 2. The van der Waals surface area contributed by atoms with Crippen LogP contribution in [0.5, 0.6) is 0 Å². The van der Waals surface area contributed by atoms with Gasteiger partial charge in [0.15, 0.2) is 0 Å². The van der Waals surface area contributed by atoms with E-state index < -0.39 is 0 Å².